The average Bonchev–Trinajstić information content (AvgIpc) is 2.88. The first-order chi connectivity index (χ1) is 9.22. The summed E-state index contributed by atoms with van der Waals surface area (Å²) < 4.78 is 1.71. The van der Waals surface area contributed by atoms with Crippen LogP contribution in [0, 0.1) is 11.3 Å². The highest BCUT2D eigenvalue weighted by atomic mass is 32.1. The number of aryl methyl sites for hydroxylation is 1. The number of hydrogen-bond acceptors (Lipinski definition) is 4. The normalized spacial score (nSPS) is 10.1. The third-order valence-electron chi connectivity index (χ3n) is 2.69. The summed E-state index contributed by atoms with van der Waals surface area (Å²) in [6, 6.07) is 9.25. The van der Waals surface area contributed by atoms with Gasteiger partial charge in [0.1, 0.15) is 10.9 Å². The van der Waals surface area contributed by atoms with E-state index >= 15 is 0 Å². The number of nitrogens with zero attached hydrogens (tertiary/aromatic N) is 2. The van der Waals surface area contributed by atoms with Crippen molar-refractivity contribution in [3.8, 4) is 6.07 Å². The minimum atomic E-state index is 0.0234. The Labute approximate surface area is 115 Å². The fourth-order valence-electron chi connectivity index (χ4n) is 1.77. The molecule has 0 aliphatic heterocycles. The molecule has 0 saturated heterocycles. The van der Waals surface area contributed by atoms with E-state index in [1.54, 1.807) is 16.7 Å². The van der Waals surface area contributed by atoms with E-state index in [2.05, 4.69) is 11.4 Å². The highest BCUT2D eigenvalue weighted by Crippen LogP contribution is 2.16. The molecule has 2 rings (SSSR count). The maximum Gasteiger partial charge on any atom is 0.250 e. The summed E-state index contributed by atoms with van der Waals surface area (Å²) in [6.07, 6.45) is 2.77. The van der Waals surface area contributed by atoms with Crippen molar-refractivity contribution in [1.82, 2.24) is 4.57 Å². The molecule has 0 spiro atoms. The molecule has 0 atom stereocenters. The Morgan fingerprint density at radius 2 is 2.21 bits per heavy atom. The second-order valence-corrected chi connectivity index (χ2v) is 5.35. The summed E-state index contributed by atoms with van der Waals surface area (Å²) in [7, 11) is 0. The van der Waals surface area contributed by atoms with Crippen LogP contribution < -0.4 is 10.9 Å². The molecular formula is C14H15N3OS. The predicted molar refractivity (Wildman–Crippen MR) is 77.4 cm³/mol. The van der Waals surface area contributed by atoms with Crippen molar-refractivity contribution in [2.24, 2.45) is 0 Å². The van der Waals surface area contributed by atoms with Gasteiger partial charge in [-0.15, -0.1) is 11.3 Å². The number of hydrogen-bond donors (Lipinski definition) is 1. The molecular weight excluding hydrogens is 258 g/mol. The molecule has 5 heteroatoms. The van der Waals surface area contributed by atoms with Crippen LogP contribution in [-0.2, 0) is 13.1 Å². The van der Waals surface area contributed by atoms with Crippen LogP contribution in [0.25, 0.3) is 0 Å². The van der Waals surface area contributed by atoms with Crippen molar-refractivity contribution < 1.29 is 0 Å². The van der Waals surface area contributed by atoms with Crippen molar-refractivity contribution in [3.05, 3.63) is 50.6 Å². The zero-order chi connectivity index (χ0) is 13.7. The van der Waals surface area contributed by atoms with Gasteiger partial charge in [-0.2, -0.15) is 5.26 Å². The topological polar surface area (TPSA) is 57.8 Å². The van der Waals surface area contributed by atoms with Crippen LogP contribution in [0.2, 0.25) is 0 Å². The summed E-state index contributed by atoms with van der Waals surface area (Å²) in [5, 5.41) is 12.0. The number of pyridine rings is 1. The Kier molecular flexibility index (Phi) is 4.37. The minimum Gasteiger partial charge on any atom is -0.379 e. The monoisotopic (exact) mass is 273 g/mol. The number of rotatable bonds is 5. The van der Waals surface area contributed by atoms with Crippen LogP contribution in [-0.4, -0.2) is 4.57 Å². The van der Waals surface area contributed by atoms with Gasteiger partial charge in [0.25, 0.3) is 5.56 Å². The summed E-state index contributed by atoms with van der Waals surface area (Å²) in [5.74, 6) is 0. The van der Waals surface area contributed by atoms with E-state index in [0.717, 1.165) is 23.5 Å². The number of nitriles is 1. The highest BCUT2D eigenvalue weighted by Gasteiger charge is 2.01. The Morgan fingerprint density at radius 1 is 1.37 bits per heavy atom. The number of thiophene rings is 1. The fourth-order valence-corrected chi connectivity index (χ4v) is 2.52. The van der Waals surface area contributed by atoms with Gasteiger partial charge in [0.15, 0.2) is 0 Å². The van der Waals surface area contributed by atoms with E-state index in [1.165, 1.54) is 11.3 Å². The molecule has 0 amide bonds. The summed E-state index contributed by atoms with van der Waals surface area (Å²) in [4.78, 5) is 13.4. The molecule has 0 fully saturated rings. The lowest BCUT2D eigenvalue weighted by Crippen LogP contribution is -2.18. The summed E-state index contributed by atoms with van der Waals surface area (Å²) in [6.45, 7) is 3.43. The Bertz CT molecular complexity index is 651. The molecule has 0 radical (unpaired) electrons. The lowest BCUT2D eigenvalue weighted by atomic mass is 10.3. The van der Waals surface area contributed by atoms with Crippen molar-refractivity contribution in [1.29, 1.82) is 5.26 Å². The van der Waals surface area contributed by atoms with Gasteiger partial charge >= 0.3 is 0 Å². The van der Waals surface area contributed by atoms with Crippen LogP contribution in [0.1, 0.15) is 23.1 Å². The average molecular weight is 273 g/mol. The second-order valence-electron chi connectivity index (χ2n) is 4.18. The number of anilines is 1. The third-order valence-corrected chi connectivity index (χ3v) is 3.68. The number of nitrogens with one attached hydrogen (secondary N) is 1. The molecule has 0 saturated carbocycles. The molecule has 0 bridgehead atoms. The molecule has 0 aliphatic carbocycles. The van der Waals surface area contributed by atoms with E-state index in [0.29, 0.717) is 11.4 Å². The van der Waals surface area contributed by atoms with Crippen LogP contribution >= 0.6 is 11.3 Å². The maximum atomic E-state index is 11.6. The van der Waals surface area contributed by atoms with Gasteiger partial charge < -0.3 is 9.88 Å². The Morgan fingerprint density at radius 3 is 2.89 bits per heavy atom. The zero-order valence-electron chi connectivity index (χ0n) is 10.7. The molecule has 0 unspecified atom stereocenters. The standard InChI is InChI=1S/C14H15N3OS/c1-2-7-17-10-11(3-6-14(17)18)16-9-13-5-4-12(8-15)19-13/h3-6,10,16H,2,7,9H2,1H3. The van der Waals surface area contributed by atoms with Gasteiger partial charge in [0.05, 0.1) is 5.69 Å². The molecule has 2 aromatic rings. The van der Waals surface area contributed by atoms with Crippen LogP contribution in [0.15, 0.2) is 35.3 Å². The van der Waals surface area contributed by atoms with Crippen molar-refractivity contribution in [3.63, 3.8) is 0 Å². The molecule has 0 aliphatic rings. The summed E-state index contributed by atoms with van der Waals surface area (Å²) in [5.41, 5.74) is 0.940. The molecule has 1 N–H and O–H groups in total. The SMILES string of the molecule is CCCn1cc(NCc2ccc(C#N)s2)ccc1=O. The van der Waals surface area contributed by atoms with E-state index in [-0.39, 0.29) is 5.56 Å². The molecule has 0 aromatic carbocycles. The largest absolute Gasteiger partial charge is 0.379 e. The minimum absolute atomic E-state index is 0.0234. The quantitative estimate of drug-likeness (QED) is 0.911. The van der Waals surface area contributed by atoms with E-state index in [1.807, 2.05) is 25.3 Å². The van der Waals surface area contributed by atoms with E-state index < -0.39 is 0 Å². The first-order valence-corrected chi connectivity index (χ1v) is 6.97. The van der Waals surface area contributed by atoms with Gasteiger partial charge in [-0.1, -0.05) is 6.92 Å². The second kappa shape index (κ2) is 6.21. The van der Waals surface area contributed by atoms with Crippen LogP contribution in [0.5, 0.6) is 0 Å². The molecule has 4 nitrogen and oxygen atoms in total. The van der Waals surface area contributed by atoms with Crippen LogP contribution in [0.4, 0.5) is 5.69 Å². The van der Waals surface area contributed by atoms with E-state index in [9.17, 15) is 4.79 Å². The molecule has 98 valence electrons. The lowest BCUT2D eigenvalue weighted by molar-refractivity contribution is 0.655. The zero-order valence-corrected chi connectivity index (χ0v) is 11.5. The molecule has 2 heterocycles. The highest BCUT2D eigenvalue weighted by molar-refractivity contribution is 7.12. The predicted octanol–water partition coefficient (Wildman–Crippen LogP) is 2.80. The van der Waals surface area contributed by atoms with Gasteiger partial charge in [0.2, 0.25) is 0 Å². The first-order valence-electron chi connectivity index (χ1n) is 6.16. The maximum absolute atomic E-state index is 11.6. The van der Waals surface area contributed by atoms with Crippen molar-refractivity contribution in [2.75, 3.05) is 5.32 Å². The Balaban J connectivity index is 2.05. The lowest BCUT2D eigenvalue weighted by Gasteiger charge is -2.08. The van der Waals surface area contributed by atoms with Gasteiger partial charge in [-0.25, -0.2) is 0 Å². The van der Waals surface area contributed by atoms with Crippen molar-refractivity contribution in [2.45, 2.75) is 26.4 Å². The smallest absolute Gasteiger partial charge is 0.250 e. The van der Waals surface area contributed by atoms with Gasteiger partial charge in [-0.05, 0) is 24.6 Å². The number of aromatic nitrogens is 1. The van der Waals surface area contributed by atoms with Gasteiger partial charge in [-0.3, -0.25) is 4.79 Å². The summed E-state index contributed by atoms with van der Waals surface area (Å²) >= 11 is 1.48. The molecule has 2 aromatic heterocycles. The first kappa shape index (κ1) is 13.4. The molecule has 19 heavy (non-hydrogen) atoms. The van der Waals surface area contributed by atoms with E-state index in [4.69, 9.17) is 5.26 Å². The van der Waals surface area contributed by atoms with Crippen molar-refractivity contribution >= 4 is 17.0 Å². The third kappa shape index (κ3) is 3.46. The Hall–Kier alpha value is -2.06. The fraction of sp³-hybridized carbons (Fsp3) is 0.286. The van der Waals surface area contributed by atoms with Crippen LogP contribution in [0.3, 0.4) is 0 Å². The van der Waals surface area contributed by atoms with Gasteiger partial charge in [0, 0.05) is 30.2 Å².